The topological polar surface area (TPSA) is 38.8 Å². The van der Waals surface area contributed by atoms with Gasteiger partial charge in [-0.3, -0.25) is 9.69 Å². The molecule has 0 radical (unpaired) electrons. The quantitative estimate of drug-likeness (QED) is 0.723. The molecule has 0 aromatic carbocycles. The first-order valence-corrected chi connectivity index (χ1v) is 7.04. The molecule has 0 saturated carbocycles. The molecule has 104 valence electrons. The van der Waals surface area contributed by atoms with Crippen molar-refractivity contribution in [3.8, 4) is 0 Å². The summed E-state index contributed by atoms with van der Waals surface area (Å²) < 4.78 is 11.1. The van der Waals surface area contributed by atoms with Gasteiger partial charge in [-0.15, -0.1) is 0 Å². The summed E-state index contributed by atoms with van der Waals surface area (Å²) in [5, 5.41) is 0. The Morgan fingerprint density at radius 2 is 2.11 bits per heavy atom. The van der Waals surface area contributed by atoms with E-state index >= 15 is 0 Å². The van der Waals surface area contributed by atoms with Crippen LogP contribution in [-0.4, -0.2) is 48.3 Å². The molecule has 2 heterocycles. The van der Waals surface area contributed by atoms with Crippen LogP contribution in [0, 0.1) is 0 Å². The number of hydrogen-bond acceptors (Lipinski definition) is 4. The third kappa shape index (κ3) is 3.69. The summed E-state index contributed by atoms with van der Waals surface area (Å²) in [6.45, 7) is 8.50. The number of ether oxygens (including phenoxy) is 2. The first-order valence-electron chi connectivity index (χ1n) is 7.04. The minimum Gasteiger partial charge on any atom is -0.459 e. The Morgan fingerprint density at radius 3 is 2.72 bits per heavy atom. The molecule has 0 aliphatic carbocycles. The van der Waals surface area contributed by atoms with Crippen LogP contribution in [0.1, 0.15) is 46.5 Å². The second-order valence-electron chi connectivity index (χ2n) is 6.32. The molecular formula is C14H25NO3. The van der Waals surface area contributed by atoms with Crippen LogP contribution >= 0.6 is 0 Å². The number of likely N-dealkylation sites (tertiary alicyclic amines) is 1. The van der Waals surface area contributed by atoms with Crippen LogP contribution in [0.5, 0.6) is 0 Å². The summed E-state index contributed by atoms with van der Waals surface area (Å²) in [6.07, 6.45) is 4.58. The molecule has 1 unspecified atom stereocenters. The van der Waals surface area contributed by atoms with Gasteiger partial charge >= 0.3 is 5.97 Å². The van der Waals surface area contributed by atoms with Crippen LogP contribution in [0.3, 0.4) is 0 Å². The number of carbonyl (C=O) groups is 1. The average molecular weight is 255 g/mol. The molecule has 2 fully saturated rings. The van der Waals surface area contributed by atoms with Crippen molar-refractivity contribution in [2.45, 2.75) is 64.2 Å². The summed E-state index contributed by atoms with van der Waals surface area (Å²) in [4.78, 5) is 14.4. The van der Waals surface area contributed by atoms with Gasteiger partial charge in [0.05, 0.1) is 6.10 Å². The molecule has 4 nitrogen and oxygen atoms in total. The van der Waals surface area contributed by atoms with Gasteiger partial charge in [0, 0.05) is 13.2 Å². The molecule has 2 aliphatic heterocycles. The molecule has 18 heavy (non-hydrogen) atoms. The maximum absolute atomic E-state index is 12.1. The lowest BCUT2D eigenvalue weighted by molar-refractivity contribution is -0.160. The van der Waals surface area contributed by atoms with Crippen molar-refractivity contribution in [3.63, 3.8) is 0 Å². The molecule has 0 aromatic heterocycles. The van der Waals surface area contributed by atoms with Gasteiger partial charge in [-0.05, 0) is 53.0 Å². The third-order valence-corrected chi connectivity index (χ3v) is 3.50. The monoisotopic (exact) mass is 255 g/mol. The lowest BCUT2D eigenvalue weighted by Crippen LogP contribution is -2.43. The van der Waals surface area contributed by atoms with Crippen molar-refractivity contribution in [3.05, 3.63) is 0 Å². The summed E-state index contributed by atoms with van der Waals surface area (Å²) in [5.74, 6) is -0.0713. The number of rotatable bonds is 3. The number of carbonyl (C=O) groups excluding carboxylic acids is 1. The highest BCUT2D eigenvalue weighted by atomic mass is 16.6. The van der Waals surface area contributed by atoms with Gasteiger partial charge in [0.15, 0.2) is 0 Å². The summed E-state index contributed by atoms with van der Waals surface area (Å²) in [7, 11) is 0. The number of nitrogens with zero attached hydrogens (tertiary/aromatic N) is 1. The summed E-state index contributed by atoms with van der Waals surface area (Å²) in [5.41, 5.74) is -0.394. The van der Waals surface area contributed by atoms with Crippen molar-refractivity contribution < 1.29 is 14.3 Å². The van der Waals surface area contributed by atoms with Crippen molar-refractivity contribution in [2.24, 2.45) is 0 Å². The van der Waals surface area contributed by atoms with Crippen molar-refractivity contribution in [1.82, 2.24) is 4.90 Å². The molecule has 0 aromatic rings. The van der Waals surface area contributed by atoms with Crippen molar-refractivity contribution >= 4 is 5.97 Å². The molecule has 2 rings (SSSR count). The molecular weight excluding hydrogens is 230 g/mol. The van der Waals surface area contributed by atoms with E-state index in [4.69, 9.17) is 9.47 Å². The zero-order chi connectivity index (χ0) is 13.2. The molecule has 0 bridgehead atoms. The maximum atomic E-state index is 12.1. The number of hydrogen-bond donors (Lipinski definition) is 0. The van der Waals surface area contributed by atoms with E-state index in [-0.39, 0.29) is 12.0 Å². The SMILES string of the molecule is CC(C)(C)OC(=O)[C@H]1CCCN1CC1CCCO1. The third-order valence-electron chi connectivity index (χ3n) is 3.50. The van der Waals surface area contributed by atoms with E-state index in [1.54, 1.807) is 0 Å². The van der Waals surface area contributed by atoms with Crippen LogP contribution in [0.4, 0.5) is 0 Å². The van der Waals surface area contributed by atoms with Gasteiger partial charge in [0.1, 0.15) is 11.6 Å². The van der Waals surface area contributed by atoms with Crippen LogP contribution < -0.4 is 0 Å². The minimum absolute atomic E-state index is 0.0616. The summed E-state index contributed by atoms with van der Waals surface area (Å²) in [6, 6.07) is -0.0616. The van der Waals surface area contributed by atoms with E-state index < -0.39 is 5.60 Å². The van der Waals surface area contributed by atoms with Gasteiger partial charge in [-0.25, -0.2) is 0 Å². The first-order chi connectivity index (χ1) is 8.46. The smallest absolute Gasteiger partial charge is 0.323 e. The highest BCUT2D eigenvalue weighted by Crippen LogP contribution is 2.23. The van der Waals surface area contributed by atoms with Crippen molar-refractivity contribution in [2.75, 3.05) is 19.7 Å². The minimum atomic E-state index is -0.394. The molecule has 0 spiro atoms. The standard InChI is InChI=1S/C14H25NO3/c1-14(2,3)18-13(16)12-7-4-8-15(12)10-11-6-5-9-17-11/h11-12H,4-10H2,1-3H3/t11?,12-/m1/s1. The van der Waals surface area contributed by atoms with Crippen LogP contribution in [0.2, 0.25) is 0 Å². The van der Waals surface area contributed by atoms with Crippen molar-refractivity contribution in [1.29, 1.82) is 0 Å². The van der Waals surface area contributed by atoms with Crippen LogP contribution in [0.15, 0.2) is 0 Å². The van der Waals surface area contributed by atoms with Gasteiger partial charge in [-0.1, -0.05) is 0 Å². The predicted octanol–water partition coefficient (Wildman–Crippen LogP) is 1.97. The Hall–Kier alpha value is -0.610. The number of esters is 1. The molecule has 0 amide bonds. The maximum Gasteiger partial charge on any atom is 0.323 e. The van der Waals surface area contributed by atoms with E-state index in [0.717, 1.165) is 45.4 Å². The first kappa shape index (κ1) is 13.8. The van der Waals surface area contributed by atoms with Crippen LogP contribution in [-0.2, 0) is 14.3 Å². The Morgan fingerprint density at radius 1 is 1.33 bits per heavy atom. The molecule has 0 N–H and O–H groups in total. The fourth-order valence-corrected chi connectivity index (χ4v) is 2.73. The summed E-state index contributed by atoms with van der Waals surface area (Å²) >= 11 is 0. The Bertz CT molecular complexity index is 292. The Kier molecular flexibility index (Phi) is 4.28. The highest BCUT2D eigenvalue weighted by molar-refractivity contribution is 5.76. The van der Waals surface area contributed by atoms with E-state index in [1.807, 2.05) is 20.8 Å². The fraction of sp³-hybridized carbons (Fsp3) is 0.929. The molecule has 2 atom stereocenters. The lowest BCUT2D eigenvalue weighted by atomic mass is 10.1. The van der Waals surface area contributed by atoms with Gasteiger partial charge < -0.3 is 9.47 Å². The largest absolute Gasteiger partial charge is 0.459 e. The van der Waals surface area contributed by atoms with Gasteiger partial charge in [-0.2, -0.15) is 0 Å². The Balaban J connectivity index is 1.88. The zero-order valence-electron chi connectivity index (χ0n) is 11.8. The predicted molar refractivity (Wildman–Crippen MR) is 69.4 cm³/mol. The fourth-order valence-electron chi connectivity index (χ4n) is 2.73. The van der Waals surface area contributed by atoms with Gasteiger partial charge in [0.2, 0.25) is 0 Å². The van der Waals surface area contributed by atoms with E-state index in [9.17, 15) is 4.79 Å². The highest BCUT2D eigenvalue weighted by Gasteiger charge is 2.35. The molecule has 2 saturated heterocycles. The molecule has 2 aliphatic rings. The lowest BCUT2D eigenvalue weighted by Gasteiger charge is -2.28. The average Bonchev–Trinajstić information content (AvgIpc) is 2.86. The zero-order valence-corrected chi connectivity index (χ0v) is 11.8. The molecule has 4 heteroatoms. The van der Waals surface area contributed by atoms with E-state index in [1.165, 1.54) is 0 Å². The Labute approximate surface area is 110 Å². The van der Waals surface area contributed by atoms with Gasteiger partial charge in [0.25, 0.3) is 0 Å². The normalized spacial score (nSPS) is 29.7. The van der Waals surface area contributed by atoms with E-state index in [0.29, 0.717) is 6.10 Å². The second-order valence-corrected chi connectivity index (χ2v) is 6.32. The second kappa shape index (κ2) is 5.57. The van der Waals surface area contributed by atoms with Crippen LogP contribution in [0.25, 0.3) is 0 Å². The van der Waals surface area contributed by atoms with E-state index in [2.05, 4.69) is 4.90 Å².